The summed E-state index contributed by atoms with van der Waals surface area (Å²) in [6.07, 6.45) is 0. The molecule has 0 amide bonds. The van der Waals surface area contributed by atoms with Crippen molar-refractivity contribution in [2.45, 2.75) is 19.3 Å². The van der Waals surface area contributed by atoms with Gasteiger partial charge in [0.15, 0.2) is 0 Å². The molecule has 68 heavy (non-hydrogen) atoms. The van der Waals surface area contributed by atoms with Crippen LogP contribution < -0.4 is 57.8 Å². The minimum absolute atomic E-state index is 0.416. The molecule has 0 saturated carbocycles. The second kappa shape index (κ2) is 19.0. The molecule has 11 rings (SSSR count). The van der Waals surface area contributed by atoms with Crippen LogP contribution in [0.4, 0.5) is 0 Å². The van der Waals surface area contributed by atoms with Crippen LogP contribution in [0.1, 0.15) is 25.0 Å². The van der Waals surface area contributed by atoms with E-state index in [0.29, 0.717) is 0 Å². The Balaban J connectivity index is 1.27. The maximum absolute atomic E-state index is 8.21. The Bertz CT molecular complexity index is 2880. The Morgan fingerprint density at radius 1 is 0.279 bits per heavy atom. The number of ether oxygens (including phenoxy) is 1. The average Bonchev–Trinajstić information content (AvgIpc) is 3.41. The predicted octanol–water partition coefficient (Wildman–Crippen LogP) is 12.3. The molecule has 0 aromatic heterocycles. The molecular weight excluding hydrogens is 897 g/mol. The van der Waals surface area contributed by atoms with E-state index >= 15 is 0 Å². The Morgan fingerprint density at radius 3 is 0.765 bits per heavy atom. The first kappa shape index (κ1) is 44.2. The number of hydrogen-bond donors (Lipinski definition) is 0. The molecule has 1 nitrogen and oxygen atoms in total. The third-order valence-electron chi connectivity index (χ3n) is 13.9. The third kappa shape index (κ3) is 7.50. The first-order chi connectivity index (χ1) is 33.5. The quantitative estimate of drug-likeness (QED) is 0.111. The van der Waals surface area contributed by atoms with Crippen LogP contribution in [0.3, 0.4) is 0 Å². The van der Waals surface area contributed by atoms with E-state index in [0.717, 1.165) is 11.5 Å². The van der Waals surface area contributed by atoms with Crippen molar-refractivity contribution in [2.24, 2.45) is 0 Å². The van der Waals surface area contributed by atoms with Gasteiger partial charge in [0.05, 0.1) is 0 Å². The van der Waals surface area contributed by atoms with Crippen molar-refractivity contribution in [3.05, 3.63) is 290 Å². The van der Waals surface area contributed by atoms with Crippen LogP contribution in [0.25, 0.3) is 0 Å². The number of fused-ring (bicyclic) bond motifs is 2. The summed E-state index contributed by atoms with van der Waals surface area (Å²) in [6, 6.07) is 105. The van der Waals surface area contributed by atoms with Gasteiger partial charge in [0.25, 0.3) is 0 Å². The van der Waals surface area contributed by atoms with Gasteiger partial charge in [-0.25, -0.2) is 0 Å². The second-order valence-electron chi connectivity index (χ2n) is 18.0. The number of hydrogen-bond acceptors (Lipinski definition) is 1. The first-order valence-electron chi connectivity index (χ1n) is 23.5. The summed E-state index contributed by atoms with van der Waals surface area (Å²) in [5.74, 6) is 2.01. The molecule has 1 aliphatic heterocycles. The van der Waals surface area contributed by atoms with Gasteiger partial charge in [-0.2, -0.15) is 0 Å². The van der Waals surface area contributed by atoms with Crippen molar-refractivity contribution in [1.29, 1.82) is 0 Å². The zero-order valence-electron chi connectivity index (χ0n) is 38.4. The molecule has 332 valence electrons. The fraction of sp³-hybridized carbons (Fsp3) is 0.0476. The molecule has 5 heteroatoms. The van der Waals surface area contributed by atoms with Gasteiger partial charge in [-0.1, -0.05) is 0 Å². The van der Waals surface area contributed by atoms with E-state index < -0.39 is 34.5 Å². The van der Waals surface area contributed by atoms with Crippen molar-refractivity contribution in [1.82, 2.24) is 0 Å². The van der Waals surface area contributed by atoms with Gasteiger partial charge in [-0.3, -0.25) is 0 Å². The molecule has 0 bridgehead atoms. The van der Waals surface area contributed by atoms with Crippen LogP contribution in [0.2, 0.25) is 0 Å². The van der Waals surface area contributed by atoms with E-state index in [1.54, 1.807) is 0 Å². The predicted molar refractivity (Wildman–Crippen MR) is 303 cm³/mol. The van der Waals surface area contributed by atoms with Gasteiger partial charge in [-0.05, 0) is 0 Å². The van der Waals surface area contributed by atoms with Gasteiger partial charge in [0, 0.05) is 0 Å². The molecule has 0 unspecified atom stereocenters. The first-order valence-corrected chi connectivity index (χ1v) is 31.9. The molecule has 0 radical (unpaired) electrons. The Morgan fingerprint density at radius 2 is 0.515 bits per heavy atom. The van der Waals surface area contributed by atoms with Gasteiger partial charge in [0.2, 0.25) is 0 Å². The Kier molecular flexibility index (Phi) is 12.4. The zero-order valence-corrected chi connectivity index (χ0v) is 42.1. The molecule has 10 aromatic carbocycles. The van der Waals surface area contributed by atoms with E-state index in [9.17, 15) is 0 Å². The van der Waals surface area contributed by atoms with Crippen molar-refractivity contribution >= 4 is 82.2 Å². The molecule has 10 aromatic rings. The number of rotatable bonds is 12. The van der Waals surface area contributed by atoms with Crippen LogP contribution in [0, 0.1) is 0 Å². The van der Waals surface area contributed by atoms with Gasteiger partial charge < -0.3 is 0 Å². The van der Waals surface area contributed by atoms with Gasteiger partial charge in [0.1, 0.15) is 0 Å². The Labute approximate surface area is 405 Å². The molecule has 0 spiro atoms. The van der Waals surface area contributed by atoms with Crippen molar-refractivity contribution in [2.75, 3.05) is 0 Å². The average molecular weight is 951 g/mol. The van der Waals surface area contributed by atoms with E-state index in [-0.39, 0.29) is 0 Å². The fourth-order valence-corrected chi connectivity index (χ4v) is 36.6. The second-order valence-corrected chi connectivity index (χ2v) is 34.3. The summed E-state index contributed by atoms with van der Waals surface area (Å²) in [4.78, 5) is 0. The van der Waals surface area contributed by atoms with Crippen LogP contribution in [-0.2, 0) is 5.41 Å². The Hall–Kier alpha value is -6.28. The summed E-state index contributed by atoms with van der Waals surface area (Å²) in [6.45, 7) is -1.47. The molecule has 0 atom stereocenters. The maximum atomic E-state index is 8.21. The van der Waals surface area contributed by atoms with Crippen LogP contribution >= 0.6 is 29.1 Å². The topological polar surface area (TPSA) is 9.23 Å². The molecule has 0 fully saturated rings. The van der Waals surface area contributed by atoms with Crippen molar-refractivity contribution in [3.8, 4) is 11.5 Å². The minimum atomic E-state index is -3.16. The summed E-state index contributed by atoms with van der Waals surface area (Å²) in [5, 5.41) is 13.5. The van der Waals surface area contributed by atoms with Crippen LogP contribution in [0.5, 0.6) is 11.5 Å². The molecular formula is C63H54OP4. The van der Waals surface area contributed by atoms with Gasteiger partial charge >= 0.3 is 408 Å². The molecule has 0 aliphatic carbocycles. The van der Waals surface area contributed by atoms with Crippen LogP contribution in [0.15, 0.2) is 279 Å². The van der Waals surface area contributed by atoms with E-state index in [1.165, 1.54) is 64.2 Å². The summed E-state index contributed by atoms with van der Waals surface area (Å²) < 4.78 is 8.21. The van der Waals surface area contributed by atoms with E-state index in [4.69, 9.17) is 4.74 Å². The van der Waals surface area contributed by atoms with Crippen LogP contribution in [-0.4, -0.2) is 0 Å². The zero-order chi connectivity index (χ0) is 46.0. The molecule has 0 N–H and O–H groups in total. The number of para-hydroxylation sites is 2. The normalized spacial score (nSPS) is 13.5. The summed E-state index contributed by atoms with van der Waals surface area (Å²) in [5.41, 5.74) is 2.03. The SMILES string of the molecule is CC1(C)c2cccc([PH](c3ccccc3)(c3ccccc3)P(c3ccccc3)c3ccccc3)c2Oc2c1cccc2[PH](c1ccccc1)(c1ccccc1)P(c1ccccc1)c1ccccc1. The summed E-state index contributed by atoms with van der Waals surface area (Å²) >= 11 is 0. The standard InChI is InChI=1S/C63H54OP4/c1-63(2)57-45-27-47-59(67(53-37-19-7-20-38-53,54-39-21-8-22-40-54)65(49-29-11-3-12-30-49)50-31-13-4-14-32-50)61(57)64-62-58(63)46-28-48-60(62)68(55-41-23-9-24-42-55,56-43-25-10-26-44-56)66(51-33-15-5-16-34-51)52-35-17-6-18-36-52/h3-48,67-68H,1-2H3. The monoisotopic (exact) mass is 950 g/mol. The molecule has 1 aliphatic rings. The number of benzene rings is 10. The fourth-order valence-electron chi connectivity index (χ4n) is 10.9. The molecule has 1 heterocycles. The van der Waals surface area contributed by atoms with Crippen molar-refractivity contribution < 1.29 is 4.74 Å². The van der Waals surface area contributed by atoms with E-state index in [2.05, 4.69) is 293 Å². The summed E-state index contributed by atoms with van der Waals surface area (Å²) in [7, 11) is -2.09. The van der Waals surface area contributed by atoms with E-state index in [1.807, 2.05) is 0 Å². The van der Waals surface area contributed by atoms with Gasteiger partial charge in [-0.15, -0.1) is 0 Å². The third-order valence-corrected chi connectivity index (χ3v) is 37.1. The molecule has 0 saturated heterocycles. The van der Waals surface area contributed by atoms with Crippen molar-refractivity contribution in [3.63, 3.8) is 0 Å².